The van der Waals surface area contributed by atoms with Gasteiger partial charge in [-0.25, -0.2) is 4.72 Å². The average molecular weight is 305 g/mol. The van der Waals surface area contributed by atoms with Crippen molar-refractivity contribution in [3.8, 4) is 0 Å². The van der Waals surface area contributed by atoms with E-state index in [2.05, 4.69) is 23.9 Å². The molecular weight excluding hydrogens is 274 g/mol. The van der Waals surface area contributed by atoms with Crippen LogP contribution >= 0.6 is 0 Å². The summed E-state index contributed by atoms with van der Waals surface area (Å²) in [5.41, 5.74) is -0.0351. The molecule has 2 N–H and O–H groups in total. The zero-order valence-corrected chi connectivity index (χ0v) is 14.4. The summed E-state index contributed by atoms with van der Waals surface area (Å²) in [6.07, 6.45) is 1.88. The topological polar surface area (TPSA) is 61.4 Å². The molecule has 1 fully saturated rings. The van der Waals surface area contributed by atoms with Gasteiger partial charge < -0.3 is 5.32 Å². The minimum atomic E-state index is -3.31. The van der Waals surface area contributed by atoms with Crippen LogP contribution in [0.15, 0.2) is 0 Å². The molecule has 0 aromatic heterocycles. The Morgan fingerprint density at radius 2 is 1.75 bits per heavy atom. The fraction of sp³-hybridized carbons (Fsp3) is 1.00. The molecule has 1 rings (SSSR count). The fourth-order valence-electron chi connectivity index (χ4n) is 2.16. The van der Waals surface area contributed by atoms with Crippen molar-refractivity contribution in [3.05, 3.63) is 0 Å². The number of piperidine rings is 1. The Labute approximate surface area is 124 Å². The molecule has 0 saturated carbocycles. The summed E-state index contributed by atoms with van der Waals surface area (Å²) >= 11 is 0. The molecular formula is C14H31N3O2S. The van der Waals surface area contributed by atoms with E-state index in [4.69, 9.17) is 0 Å². The Hall–Kier alpha value is -0.170. The summed E-state index contributed by atoms with van der Waals surface area (Å²) in [7, 11) is -3.31. The lowest BCUT2D eigenvalue weighted by Crippen LogP contribution is -2.48. The van der Waals surface area contributed by atoms with Crippen LogP contribution in [0.1, 0.15) is 47.5 Å². The lowest BCUT2D eigenvalue weighted by Gasteiger charge is -2.32. The first-order valence-electron chi connectivity index (χ1n) is 7.58. The van der Waals surface area contributed by atoms with Gasteiger partial charge in [-0.05, 0) is 30.7 Å². The minimum absolute atomic E-state index is 0.0351. The molecule has 5 nitrogen and oxygen atoms in total. The van der Waals surface area contributed by atoms with Crippen LogP contribution in [-0.2, 0) is 10.2 Å². The quantitative estimate of drug-likeness (QED) is 0.783. The second-order valence-electron chi connectivity index (χ2n) is 7.29. The Morgan fingerprint density at radius 3 is 2.20 bits per heavy atom. The Balaban J connectivity index is 2.40. The highest BCUT2D eigenvalue weighted by Crippen LogP contribution is 2.19. The van der Waals surface area contributed by atoms with E-state index in [-0.39, 0.29) is 5.41 Å². The van der Waals surface area contributed by atoms with Gasteiger partial charge >= 0.3 is 0 Å². The van der Waals surface area contributed by atoms with E-state index in [1.165, 1.54) is 0 Å². The summed E-state index contributed by atoms with van der Waals surface area (Å²) in [6.45, 7) is 13.1. The second kappa shape index (κ2) is 7.20. The first-order valence-corrected chi connectivity index (χ1v) is 9.02. The van der Waals surface area contributed by atoms with Crippen LogP contribution in [0.3, 0.4) is 0 Å². The summed E-state index contributed by atoms with van der Waals surface area (Å²) in [6, 6.07) is 0.491. The third kappa shape index (κ3) is 6.52. The predicted molar refractivity (Wildman–Crippen MR) is 83.8 cm³/mol. The van der Waals surface area contributed by atoms with Crippen LogP contribution in [-0.4, -0.2) is 44.9 Å². The average Bonchev–Trinajstić information content (AvgIpc) is 2.34. The van der Waals surface area contributed by atoms with E-state index in [0.29, 0.717) is 31.6 Å². The molecule has 0 aromatic carbocycles. The van der Waals surface area contributed by atoms with E-state index < -0.39 is 10.2 Å². The van der Waals surface area contributed by atoms with Crippen LogP contribution in [0.4, 0.5) is 0 Å². The van der Waals surface area contributed by atoms with Gasteiger partial charge in [0.25, 0.3) is 10.2 Å². The van der Waals surface area contributed by atoms with Crippen molar-refractivity contribution in [3.63, 3.8) is 0 Å². The molecule has 0 amide bonds. The third-order valence-electron chi connectivity index (χ3n) is 3.51. The number of nitrogens with zero attached hydrogens (tertiary/aromatic N) is 1. The summed E-state index contributed by atoms with van der Waals surface area (Å²) < 4.78 is 28.7. The standard InChI is InChI=1S/C14H31N3O2S/c1-12(2)15-10-13-6-8-17(9-7-13)20(18,19)16-11-14(3,4)5/h12-13,15-16H,6-11H2,1-5H3. The first kappa shape index (κ1) is 17.9. The molecule has 120 valence electrons. The summed E-state index contributed by atoms with van der Waals surface area (Å²) in [5, 5.41) is 3.43. The predicted octanol–water partition coefficient (Wildman–Crippen LogP) is 1.58. The Kier molecular flexibility index (Phi) is 6.44. The number of nitrogens with one attached hydrogen (secondary N) is 2. The summed E-state index contributed by atoms with van der Waals surface area (Å²) in [5.74, 6) is 0.589. The van der Waals surface area contributed by atoms with Crippen LogP contribution < -0.4 is 10.0 Å². The highest BCUT2D eigenvalue weighted by Gasteiger charge is 2.28. The monoisotopic (exact) mass is 305 g/mol. The van der Waals surface area contributed by atoms with Crippen molar-refractivity contribution >= 4 is 10.2 Å². The van der Waals surface area contributed by atoms with Crippen molar-refractivity contribution in [1.29, 1.82) is 0 Å². The van der Waals surface area contributed by atoms with Gasteiger partial charge in [0, 0.05) is 25.7 Å². The lowest BCUT2D eigenvalue weighted by atomic mass is 9.98. The van der Waals surface area contributed by atoms with Gasteiger partial charge in [0.15, 0.2) is 0 Å². The van der Waals surface area contributed by atoms with Gasteiger partial charge in [-0.1, -0.05) is 34.6 Å². The van der Waals surface area contributed by atoms with Gasteiger partial charge in [0.05, 0.1) is 0 Å². The normalized spacial score (nSPS) is 19.7. The zero-order valence-electron chi connectivity index (χ0n) is 13.6. The smallest absolute Gasteiger partial charge is 0.279 e. The molecule has 1 saturated heterocycles. The number of hydrogen-bond donors (Lipinski definition) is 2. The highest BCUT2D eigenvalue weighted by molar-refractivity contribution is 7.87. The molecule has 0 aromatic rings. The van der Waals surface area contributed by atoms with Gasteiger partial charge in [0.2, 0.25) is 0 Å². The van der Waals surface area contributed by atoms with Gasteiger partial charge in [-0.15, -0.1) is 0 Å². The zero-order chi connectivity index (χ0) is 15.4. The van der Waals surface area contributed by atoms with Crippen LogP contribution in [0, 0.1) is 11.3 Å². The fourth-order valence-corrected chi connectivity index (χ4v) is 3.64. The molecule has 0 aliphatic carbocycles. The maximum absolute atomic E-state index is 12.2. The minimum Gasteiger partial charge on any atom is -0.314 e. The first-order chi connectivity index (χ1) is 9.10. The van der Waals surface area contributed by atoms with Crippen molar-refractivity contribution in [2.24, 2.45) is 11.3 Å². The second-order valence-corrected chi connectivity index (χ2v) is 9.05. The molecule has 0 radical (unpaired) electrons. The van der Waals surface area contributed by atoms with E-state index in [1.807, 2.05) is 20.8 Å². The number of rotatable bonds is 6. The van der Waals surface area contributed by atoms with Gasteiger partial charge in [-0.3, -0.25) is 0 Å². The van der Waals surface area contributed by atoms with E-state index >= 15 is 0 Å². The lowest BCUT2D eigenvalue weighted by molar-refractivity contribution is 0.259. The van der Waals surface area contributed by atoms with Crippen molar-refractivity contribution in [2.45, 2.75) is 53.5 Å². The van der Waals surface area contributed by atoms with E-state index in [9.17, 15) is 8.42 Å². The third-order valence-corrected chi connectivity index (χ3v) is 5.07. The maximum atomic E-state index is 12.2. The van der Waals surface area contributed by atoms with Crippen molar-refractivity contribution in [2.75, 3.05) is 26.2 Å². The van der Waals surface area contributed by atoms with E-state index in [1.54, 1.807) is 4.31 Å². The SMILES string of the molecule is CC(C)NCC1CCN(S(=O)(=O)NCC(C)(C)C)CC1. The molecule has 1 aliphatic heterocycles. The van der Waals surface area contributed by atoms with Gasteiger partial charge in [0.1, 0.15) is 0 Å². The molecule has 0 bridgehead atoms. The molecule has 1 heterocycles. The molecule has 0 spiro atoms. The molecule has 6 heteroatoms. The molecule has 0 atom stereocenters. The van der Waals surface area contributed by atoms with Gasteiger partial charge in [-0.2, -0.15) is 12.7 Å². The van der Waals surface area contributed by atoms with Crippen molar-refractivity contribution in [1.82, 2.24) is 14.3 Å². The van der Waals surface area contributed by atoms with Crippen LogP contribution in [0.25, 0.3) is 0 Å². The largest absolute Gasteiger partial charge is 0.314 e. The van der Waals surface area contributed by atoms with Crippen LogP contribution in [0.5, 0.6) is 0 Å². The maximum Gasteiger partial charge on any atom is 0.279 e. The van der Waals surface area contributed by atoms with Crippen molar-refractivity contribution < 1.29 is 8.42 Å². The Bertz CT molecular complexity index is 380. The molecule has 1 aliphatic rings. The highest BCUT2D eigenvalue weighted by atomic mass is 32.2. The summed E-state index contributed by atoms with van der Waals surface area (Å²) in [4.78, 5) is 0. The Morgan fingerprint density at radius 1 is 1.20 bits per heavy atom. The van der Waals surface area contributed by atoms with Crippen LogP contribution in [0.2, 0.25) is 0 Å². The molecule has 20 heavy (non-hydrogen) atoms. The number of hydrogen-bond acceptors (Lipinski definition) is 3. The molecule has 0 unspecified atom stereocenters. The van der Waals surface area contributed by atoms with E-state index in [0.717, 1.165) is 19.4 Å².